The van der Waals surface area contributed by atoms with Gasteiger partial charge in [0.25, 0.3) is 5.91 Å². The van der Waals surface area contributed by atoms with E-state index in [0.29, 0.717) is 22.5 Å². The van der Waals surface area contributed by atoms with Crippen LogP contribution in [0.1, 0.15) is 15.9 Å². The predicted octanol–water partition coefficient (Wildman–Crippen LogP) is 5.43. The minimum atomic E-state index is -4.92. The SMILES string of the molecule is Nc1ncc2cc(-c3cc(C(=O)Nc4cccc(C(F)(F)F)c4F)ccc3F)ccc2n1. The Balaban J connectivity index is 1.68. The van der Waals surface area contributed by atoms with Crippen LogP contribution < -0.4 is 11.1 Å². The van der Waals surface area contributed by atoms with Crippen LogP contribution >= 0.6 is 0 Å². The minimum absolute atomic E-state index is 0.0564. The molecule has 0 saturated carbocycles. The summed E-state index contributed by atoms with van der Waals surface area (Å²) >= 11 is 0. The number of hydrogen-bond acceptors (Lipinski definition) is 4. The molecule has 1 amide bonds. The van der Waals surface area contributed by atoms with E-state index in [1.165, 1.54) is 12.3 Å². The molecule has 3 N–H and O–H groups in total. The second-order valence-electron chi connectivity index (χ2n) is 6.82. The van der Waals surface area contributed by atoms with Gasteiger partial charge in [-0.15, -0.1) is 0 Å². The van der Waals surface area contributed by atoms with Crippen molar-refractivity contribution >= 4 is 28.4 Å². The lowest BCUT2D eigenvalue weighted by molar-refractivity contribution is -0.139. The fourth-order valence-corrected chi connectivity index (χ4v) is 3.14. The Labute approximate surface area is 177 Å². The van der Waals surface area contributed by atoms with Gasteiger partial charge in [-0.2, -0.15) is 13.2 Å². The van der Waals surface area contributed by atoms with Gasteiger partial charge >= 0.3 is 6.18 Å². The minimum Gasteiger partial charge on any atom is -0.368 e. The highest BCUT2D eigenvalue weighted by Gasteiger charge is 2.35. The van der Waals surface area contributed by atoms with E-state index in [1.54, 1.807) is 18.2 Å². The number of fused-ring (bicyclic) bond motifs is 1. The van der Waals surface area contributed by atoms with E-state index in [0.717, 1.165) is 24.3 Å². The van der Waals surface area contributed by atoms with Gasteiger partial charge in [-0.05, 0) is 48.0 Å². The number of aromatic nitrogens is 2. The van der Waals surface area contributed by atoms with Gasteiger partial charge in [0.15, 0.2) is 5.82 Å². The molecule has 5 nitrogen and oxygen atoms in total. The Morgan fingerprint density at radius 3 is 2.53 bits per heavy atom. The first-order valence-corrected chi connectivity index (χ1v) is 9.13. The third kappa shape index (κ3) is 4.07. The van der Waals surface area contributed by atoms with Gasteiger partial charge in [0.05, 0.1) is 16.8 Å². The zero-order chi connectivity index (χ0) is 23.0. The number of nitrogen functional groups attached to an aromatic ring is 1. The molecule has 10 heteroatoms. The van der Waals surface area contributed by atoms with Crippen LogP contribution in [0.2, 0.25) is 0 Å². The molecule has 0 spiro atoms. The summed E-state index contributed by atoms with van der Waals surface area (Å²) in [6.45, 7) is 0. The van der Waals surface area contributed by atoms with Crippen molar-refractivity contribution in [2.24, 2.45) is 0 Å². The summed E-state index contributed by atoms with van der Waals surface area (Å²) in [7, 11) is 0. The van der Waals surface area contributed by atoms with Crippen molar-refractivity contribution in [1.82, 2.24) is 9.97 Å². The molecule has 0 radical (unpaired) electrons. The van der Waals surface area contributed by atoms with Crippen molar-refractivity contribution in [1.29, 1.82) is 0 Å². The molecule has 0 atom stereocenters. The summed E-state index contributed by atoms with van der Waals surface area (Å²) < 4.78 is 67.4. The van der Waals surface area contributed by atoms with E-state index < -0.39 is 35.0 Å². The zero-order valence-corrected chi connectivity index (χ0v) is 16.0. The van der Waals surface area contributed by atoms with Crippen LogP contribution in [0.4, 0.5) is 33.6 Å². The van der Waals surface area contributed by atoms with Gasteiger partial charge in [-0.1, -0.05) is 12.1 Å². The molecular weight excluding hydrogens is 431 g/mol. The summed E-state index contributed by atoms with van der Waals surface area (Å²) in [5, 5.41) is 2.68. The molecule has 0 saturated heterocycles. The first-order valence-electron chi connectivity index (χ1n) is 9.13. The second kappa shape index (κ2) is 7.88. The smallest absolute Gasteiger partial charge is 0.368 e. The Morgan fingerprint density at radius 1 is 1.00 bits per heavy atom. The number of carbonyl (C=O) groups excluding carboxylic acids is 1. The van der Waals surface area contributed by atoms with Crippen LogP contribution in [-0.2, 0) is 6.18 Å². The van der Waals surface area contributed by atoms with E-state index in [2.05, 4.69) is 15.3 Å². The van der Waals surface area contributed by atoms with Crippen LogP contribution in [0, 0.1) is 11.6 Å². The quantitative estimate of drug-likeness (QED) is 0.413. The molecule has 4 rings (SSSR count). The molecule has 0 unspecified atom stereocenters. The van der Waals surface area contributed by atoms with Gasteiger partial charge in [0.2, 0.25) is 5.95 Å². The van der Waals surface area contributed by atoms with Crippen LogP contribution in [0.25, 0.3) is 22.0 Å². The van der Waals surface area contributed by atoms with Gasteiger partial charge < -0.3 is 11.1 Å². The number of rotatable bonds is 3. The highest BCUT2D eigenvalue weighted by Crippen LogP contribution is 2.34. The number of halogens is 5. The molecule has 0 aliphatic heterocycles. The van der Waals surface area contributed by atoms with E-state index in [1.807, 2.05) is 0 Å². The third-order valence-electron chi connectivity index (χ3n) is 4.69. The normalized spacial score (nSPS) is 11.5. The van der Waals surface area contributed by atoms with Crippen LogP contribution in [-0.4, -0.2) is 15.9 Å². The number of alkyl halides is 3. The fraction of sp³-hybridized carbons (Fsp3) is 0.0455. The van der Waals surface area contributed by atoms with E-state index >= 15 is 0 Å². The fourth-order valence-electron chi connectivity index (χ4n) is 3.14. The zero-order valence-electron chi connectivity index (χ0n) is 16.0. The molecule has 0 aliphatic carbocycles. The summed E-state index contributed by atoms with van der Waals surface area (Å²) in [4.78, 5) is 20.5. The van der Waals surface area contributed by atoms with E-state index in [-0.39, 0.29) is 17.1 Å². The average Bonchev–Trinajstić information content (AvgIpc) is 2.74. The molecule has 3 aromatic carbocycles. The van der Waals surface area contributed by atoms with Crippen molar-refractivity contribution in [3.63, 3.8) is 0 Å². The maximum absolute atomic E-state index is 14.5. The molecule has 0 fully saturated rings. The van der Waals surface area contributed by atoms with Gasteiger partial charge in [0.1, 0.15) is 5.82 Å². The van der Waals surface area contributed by atoms with Gasteiger partial charge in [-0.3, -0.25) is 4.79 Å². The molecular formula is C22H13F5N4O. The maximum Gasteiger partial charge on any atom is 0.419 e. The van der Waals surface area contributed by atoms with Gasteiger partial charge in [0, 0.05) is 22.7 Å². The average molecular weight is 444 g/mol. The topological polar surface area (TPSA) is 80.9 Å². The van der Waals surface area contributed by atoms with Crippen molar-refractivity contribution in [2.45, 2.75) is 6.18 Å². The standard InChI is InChI=1S/C22H13F5N4O/c23-16-6-4-12(20(32)30-18-3-1-2-15(19(18)24)22(25,26)27)9-14(16)11-5-7-17-13(8-11)10-29-21(28)31-17/h1-10H,(H,30,32)(H2,28,29,31). The summed E-state index contributed by atoms with van der Waals surface area (Å²) in [6, 6.07) is 10.7. The lowest BCUT2D eigenvalue weighted by Gasteiger charge is -2.13. The largest absolute Gasteiger partial charge is 0.419 e. The van der Waals surface area contributed by atoms with Gasteiger partial charge in [-0.25, -0.2) is 18.7 Å². The highest BCUT2D eigenvalue weighted by atomic mass is 19.4. The lowest BCUT2D eigenvalue weighted by Crippen LogP contribution is -2.16. The first kappa shape index (κ1) is 21.2. The molecule has 0 bridgehead atoms. The lowest BCUT2D eigenvalue weighted by atomic mass is 10.0. The number of amides is 1. The summed E-state index contributed by atoms with van der Waals surface area (Å²) in [5.41, 5.74) is 4.32. The molecule has 1 aromatic heterocycles. The molecule has 32 heavy (non-hydrogen) atoms. The van der Waals surface area contributed by atoms with Crippen molar-refractivity contribution < 1.29 is 26.7 Å². The number of carbonyl (C=O) groups is 1. The maximum atomic E-state index is 14.5. The summed E-state index contributed by atoms with van der Waals surface area (Å²) in [6.07, 6.45) is -3.45. The Morgan fingerprint density at radius 2 is 1.78 bits per heavy atom. The molecule has 1 heterocycles. The van der Waals surface area contributed by atoms with Crippen LogP contribution in [0.5, 0.6) is 0 Å². The number of anilines is 2. The monoisotopic (exact) mass is 444 g/mol. The Hall–Kier alpha value is -4.08. The van der Waals surface area contributed by atoms with Crippen LogP contribution in [0.15, 0.2) is 60.8 Å². The molecule has 0 aliphatic rings. The number of nitrogens with zero attached hydrogens (tertiary/aromatic N) is 2. The molecule has 4 aromatic rings. The summed E-state index contributed by atoms with van der Waals surface area (Å²) in [5.74, 6) is -3.06. The third-order valence-corrected chi connectivity index (χ3v) is 4.69. The van der Waals surface area contributed by atoms with E-state index in [9.17, 15) is 26.7 Å². The number of hydrogen-bond donors (Lipinski definition) is 2. The Kier molecular flexibility index (Phi) is 5.21. The highest BCUT2D eigenvalue weighted by molar-refractivity contribution is 6.05. The predicted molar refractivity (Wildman–Crippen MR) is 109 cm³/mol. The number of nitrogens with two attached hydrogens (primary N) is 1. The number of benzene rings is 3. The first-order chi connectivity index (χ1) is 15.1. The van der Waals surface area contributed by atoms with Crippen molar-refractivity contribution in [3.8, 4) is 11.1 Å². The Bertz CT molecular complexity index is 1350. The van der Waals surface area contributed by atoms with Crippen LogP contribution in [0.3, 0.4) is 0 Å². The molecule has 162 valence electrons. The number of nitrogens with one attached hydrogen (secondary N) is 1. The van der Waals surface area contributed by atoms with Crippen molar-refractivity contribution in [2.75, 3.05) is 11.1 Å². The van der Waals surface area contributed by atoms with E-state index in [4.69, 9.17) is 5.73 Å². The second-order valence-corrected chi connectivity index (χ2v) is 6.82. The van der Waals surface area contributed by atoms with Crippen molar-refractivity contribution in [3.05, 3.63) is 83.6 Å².